The molecule has 1 heterocycles. The van der Waals surface area contributed by atoms with E-state index in [1.165, 1.54) is 11.3 Å². The van der Waals surface area contributed by atoms with Crippen molar-refractivity contribution in [3.8, 4) is 0 Å². The van der Waals surface area contributed by atoms with Gasteiger partial charge in [0.05, 0.1) is 10.4 Å². The van der Waals surface area contributed by atoms with Crippen molar-refractivity contribution in [2.75, 3.05) is 11.9 Å². The molecule has 3 aromatic rings. The lowest BCUT2D eigenvalue weighted by Crippen LogP contribution is -2.46. The topological polar surface area (TPSA) is 75.7 Å². The highest BCUT2D eigenvalue weighted by atomic mass is 32.1. The number of ether oxygens (including phenoxy) is 1. The van der Waals surface area contributed by atoms with Crippen LogP contribution in [0.25, 0.3) is 0 Å². The summed E-state index contributed by atoms with van der Waals surface area (Å²) < 4.78 is 5.27. The van der Waals surface area contributed by atoms with Crippen molar-refractivity contribution in [2.45, 2.75) is 32.9 Å². The number of thiophene rings is 1. The molecule has 0 saturated heterocycles. The Labute approximate surface area is 191 Å². The molecular weight excluding hydrogens is 424 g/mol. The third kappa shape index (κ3) is 6.28. The maximum absolute atomic E-state index is 12.8. The zero-order valence-electron chi connectivity index (χ0n) is 18.3. The van der Waals surface area contributed by atoms with Crippen LogP contribution in [-0.4, -0.2) is 34.8 Å². The number of esters is 1. The van der Waals surface area contributed by atoms with Crippen LogP contribution in [0.1, 0.15) is 46.4 Å². The van der Waals surface area contributed by atoms with E-state index in [1.807, 2.05) is 56.5 Å². The van der Waals surface area contributed by atoms with Gasteiger partial charge >= 0.3 is 5.97 Å². The number of benzene rings is 2. The van der Waals surface area contributed by atoms with Gasteiger partial charge in [0, 0.05) is 17.8 Å². The zero-order valence-corrected chi connectivity index (χ0v) is 19.1. The van der Waals surface area contributed by atoms with E-state index in [0.29, 0.717) is 22.7 Å². The minimum atomic E-state index is -0.594. The number of anilines is 1. The fraction of sp³-hybridized carbons (Fsp3) is 0.240. The predicted molar refractivity (Wildman–Crippen MR) is 126 cm³/mol. The van der Waals surface area contributed by atoms with Gasteiger partial charge < -0.3 is 15.0 Å². The molecule has 6 nitrogen and oxygen atoms in total. The molecule has 3 rings (SSSR count). The van der Waals surface area contributed by atoms with E-state index < -0.39 is 11.5 Å². The van der Waals surface area contributed by atoms with E-state index >= 15 is 0 Å². The molecule has 0 fully saturated rings. The minimum absolute atomic E-state index is 0.207. The lowest BCUT2D eigenvalue weighted by atomic mass is 10.0. The third-order valence-electron chi connectivity index (χ3n) is 4.74. The van der Waals surface area contributed by atoms with Crippen molar-refractivity contribution in [2.24, 2.45) is 0 Å². The van der Waals surface area contributed by atoms with E-state index in [1.54, 1.807) is 41.3 Å². The summed E-state index contributed by atoms with van der Waals surface area (Å²) in [6.45, 7) is 5.91. The van der Waals surface area contributed by atoms with Gasteiger partial charge in [0.15, 0.2) is 6.61 Å². The van der Waals surface area contributed by atoms with Gasteiger partial charge in [-0.1, -0.05) is 36.4 Å². The molecule has 0 unspecified atom stereocenters. The quantitative estimate of drug-likeness (QED) is 0.515. The van der Waals surface area contributed by atoms with Crippen LogP contribution < -0.4 is 5.32 Å². The number of hydrogen-bond acceptors (Lipinski definition) is 5. The molecule has 0 bridgehead atoms. The first-order valence-electron chi connectivity index (χ1n) is 10.2. The van der Waals surface area contributed by atoms with Gasteiger partial charge in [0.1, 0.15) is 0 Å². The molecule has 0 aliphatic carbocycles. The highest BCUT2D eigenvalue weighted by molar-refractivity contribution is 7.12. The Hall–Kier alpha value is -3.45. The van der Waals surface area contributed by atoms with E-state index in [-0.39, 0.29) is 18.4 Å². The van der Waals surface area contributed by atoms with Crippen molar-refractivity contribution in [1.29, 1.82) is 0 Å². The van der Waals surface area contributed by atoms with Crippen LogP contribution in [-0.2, 0) is 16.1 Å². The number of nitrogens with one attached hydrogen (secondary N) is 1. The minimum Gasteiger partial charge on any atom is -0.452 e. The number of carbonyl (C=O) groups excluding carboxylic acids is 3. The number of hydrogen-bond donors (Lipinski definition) is 1. The molecule has 0 aliphatic rings. The first kappa shape index (κ1) is 23.2. The lowest BCUT2D eigenvalue weighted by molar-refractivity contribution is -0.140. The highest BCUT2D eigenvalue weighted by Gasteiger charge is 2.27. The molecule has 1 N–H and O–H groups in total. The number of carbonyl (C=O) groups is 3. The summed E-state index contributed by atoms with van der Waals surface area (Å²) in [4.78, 5) is 39.7. The monoisotopic (exact) mass is 450 g/mol. The number of amides is 2. The van der Waals surface area contributed by atoms with Crippen molar-refractivity contribution < 1.29 is 19.1 Å². The average molecular weight is 451 g/mol. The summed E-state index contributed by atoms with van der Waals surface area (Å²) >= 11 is 1.35. The van der Waals surface area contributed by atoms with Gasteiger partial charge in [0.2, 0.25) is 0 Å². The van der Waals surface area contributed by atoms with E-state index in [0.717, 1.165) is 5.56 Å². The molecule has 32 heavy (non-hydrogen) atoms. The van der Waals surface area contributed by atoms with E-state index in [9.17, 15) is 14.4 Å². The summed E-state index contributed by atoms with van der Waals surface area (Å²) in [7, 11) is 0. The average Bonchev–Trinajstić information content (AvgIpc) is 3.31. The summed E-state index contributed by atoms with van der Waals surface area (Å²) in [5, 5.41) is 4.60. The summed E-state index contributed by atoms with van der Waals surface area (Å²) in [6, 6.07) is 19.6. The fourth-order valence-electron chi connectivity index (χ4n) is 3.04. The molecular formula is C25H26N2O4S. The van der Waals surface area contributed by atoms with Gasteiger partial charge in [0.25, 0.3) is 11.8 Å². The molecule has 0 aliphatic heterocycles. The SMILES string of the molecule is CC(C)(C)N(Cc1ccccc1)C(=O)COC(=O)c1ccc(NC(=O)c2cccs2)cc1. The second-order valence-corrected chi connectivity index (χ2v) is 9.17. The smallest absolute Gasteiger partial charge is 0.338 e. The van der Waals surface area contributed by atoms with Crippen LogP contribution in [0.2, 0.25) is 0 Å². The van der Waals surface area contributed by atoms with Crippen LogP contribution in [0, 0.1) is 0 Å². The Morgan fingerprint density at radius 1 is 0.938 bits per heavy atom. The summed E-state index contributed by atoms with van der Waals surface area (Å²) in [6.07, 6.45) is 0. The molecule has 166 valence electrons. The fourth-order valence-corrected chi connectivity index (χ4v) is 3.66. The third-order valence-corrected chi connectivity index (χ3v) is 5.61. The van der Waals surface area contributed by atoms with Gasteiger partial charge in [-0.3, -0.25) is 9.59 Å². The van der Waals surface area contributed by atoms with Crippen LogP contribution in [0.5, 0.6) is 0 Å². The molecule has 0 radical (unpaired) electrons. The van der Waals surface area contributed by atoms with Crippen molar-refractivity contribution in [3.05, 3.63) is 88.1 Å². The number of nitrogens with zero attached hydrogens (tertiary/aromatic N) is 1. The molecule has 0 spiro atoms. The lowest BCUT2D eigenvalue weighted by Gasteiger charge is -2.35. The predicted octanol–water partition coefficient (Wildman–Crippen LogP) is 4.98. The standard InChI is InChI=1S/C25H26N2O4S/c1-25(2,3)27(16-18-8-5-4-6-9-18)22(28)17-31-24(30)19-11-13-20(14-12-19)26-23(29)21-10-7-15-32-21/h4-15H,16-17H2,1-3H3,(H,26,29). The molecule has 0 atom stereocenters. The zero-order chi connectivity index (χ0) is 23.1. The second-order valence-electron chi connectivity index (χ2n) is 8.22. The molecule has 7 heteroatoms. The summed E-state index contributed by atoms with van der Waals surface area (Å²) in [5.41, 5.74) is 1.44. The summed E-state index contributed by atoms with van der Waals surface area (Å²) in [5.74, 6) is -1.07. The maximum Gasteiger partial charge on any atom is 0.338 e. The Morgan fingerprint density at radius 3 is 2.22 bits per heavy atom. The molecule has 2 amide bonds. The van der Waals surface area contributed by atoms with E-state index in [4.69, 9.17) is 4.74 Å². The van der Waals surface area contributed by atoms with Crippen LogP contribution in [0.3, 0.4) is 0 Å². The van der Waals surface area contributed by atoms with Crippen molar-refractivity contribution in [1.82, 2.24) is 4.90 Å². The van der Waals surface area contributed by atoms with Crippen molar-refractivity contribution >= 4 is 34.8 Å². The Kier molecular flexibility index (Phi) is 7.43. The first-order valence-corrected chi connectivity index (χ1v) is 11.1. The van der Waals surface area contributed by atoms with Crippen molar-refractivity contribution in [3.63, 3.8) is 0 Å². The van der Waals surface area contributed by atoms with Crippen LogP contribution in [0.4, 0.5) is 5.69 Å². The molecule has 2 aromatic carbocycles. The Bertz CT molecular complexity index is 1060. The van der Waals surface area contributed by atoms with Gasteiger partial charge in [-0.2, -0.15) is 0 Å². The first-order chi connectivity index (χ1) is 15.2. The molecule has 0 saturated carbocycles. The van der Waals surface area contributed by atoms with Crippen LogP contribution in [0.15, 0.2) is 72.1 Å². The van der Waals surface area contributed by atoms with Gasteiger partial charge in [-0.15, -0.1) is 11.3 Å². The highest BCUT2D eigenvalue weighted by Crippen LogP contribution is 2.19. The number of rotatable bonds is 7. The maximum atomic E-state index is 12.8. The molecule has 1 aromatic heterocycles. The van der Waals surface area contributed by atoms with E-state index in [2.05, 4.69) is 5.32 Å². The second kappa shape index (κ2) is 10.2. The van der Waals surface area contributed by atoms with Gasteiger partial charge in [-0.25, -0.2) is 4.79 Å². The largest absolute Gasteiger partial charge is 0.452 e. The van der Waals surface area contributed by atoms with Gasteiger partial charge in [-0.05, 0) is 62.0 Å². The Balaban J connectivity index is 1.57. The Morgan fingerprint density at radius 2 is 1.62 bits per heavy atom. The normalized spacial score (nSPS) is 11.0. The van der Waals surface area contributed by atoms with Crippen LogP contribution >= 0.6 is 11.3 Å².